The third-order valence-corrected chi connectivity index (χ3v) is 5.41. The third-order valence-electron chi connectivity index (χ3n) is 5.41. The van der Waals surface area contributed by atoms with Crippen LogP contribution in [-0.2, 0) is 0 Å². The Morgan fingerprint density at radius 2 is 1.70 bits per heavy atom. The van der Waals surface area contributed by atoms with Gasteiger partial charge in [-0.2, -0.15) is 0 Å². The number of aromatic nitrogens is 1. The largest absolute Gasteiger partial charge is 0.497 e. The van der Waals surface area contributed by atoms with E-state index in [0.717, 1.165) is 27.7 Å². The topological polar surface area (TPSA) is 68.3 Å². The zero-order valence-corrected chi connectivity index (χ0v) is 16.5. The normalized spacial score (nSPS) is 11.9. The maximum Gasteiger partial charge on any atom is 0.195 e. The van der Waals surface area contributed by atoms with E-state index in [1.807, 2.05) is 48.5 Å². The summed E-state index contributed by atoms with van der Waals surface area (Å²) in [4.78, 5) is 29.7. The van der Waals surface area contributed by atoms with E-state index in [9.17, 15) is 9.59 Å². The first-order valence-corrected chi connectivity index (χ1v) is 9.60. The molecule has 3 aromatic carbocycles. The molecular weight excluding hydrogens is 376 g/mol. The van der Waals surface area contributed by atoms with E-state index in [1.54, 1.807) is 25.3 Å². The zero-order chi connectivity index (χ0) is 20.8. The van der Waals surface area contributed by atoms with Crippen molar-refractivity contribution in [2.75, 3.05) is 12.4 Å². The lowest BCUT2D eigenvalue weighted by Crippen LogP contribution is -2.02. The number of hydrogen-bond donors (Lipinski definition) is 1. The molecule has 0 saturated heterocycles. The van der Waals surface area contributed by atoms with E-state index in [0.29, 0.717) is 28.3 Å². The zero-order valence-electron chi connectivity index (χ0n) is 16.5. The number of ketones is 2. The molecule has 0 bridgehead atoms. The van der Waals surface area contributed by atoms with Crippen LogP contribution in [0.4, 0.5) is 11.5 Å². The molecule has 0 amide bonds. The highest BCUT2D eigenvalue weighted by atomic mass is 16.5. The predicted molar refractivity (Wildman–Crippen MR) is 117 cm³/mol. The van der Waals surface area contributed by atoms with Crippen molar-refractivity contribution in [1.29, 1.82) is 0 Å². The van der Waals surface area contributed by atoms with Crippen LogP contribution < -0.4 is 10.1 Å². The molecule has 0 spiro atoms. The third kappa shape index (κ3) is 2.75. The molecule has 1 N–H and O–H groups in total. The molecule has 5 rings (SSSR count). The molecule has 0 atom stereocenters. The van der Waals surface area contributed by atoms with Gasteiger partial charge in [0.15, 0.2) is 11.6 Å². The number of benzene rings is 3. The fourth-order valence-corrected chi connectivity index (χ4v) is 3.92. The van der Waals surface area contributed by atoms with E-state index in [2.05, 4.69) is 5.32 Å². The summed E-state index contributed by atoms with van der Waals surface area (Å²) in [7, 11) is 1.59. The van der Waals surface area contributed by atoms with E-state index < -0.39 is 0 Å². The maximum atomic E-state index is 13.3. The van der Waals surface area contributed by atoms with Crippen LogP contribution in [0.1, 0.15) is 33.2 Å². The van der Waals surface area contributed by atoms with E-state index >= 15 is 0 Å². The van der Waals surface area contributed by atoms with Crippen LogP contribution in [0.25, 0.3) is 22.0 Å². The number of anilines is 2. The lowest BCUT2D eigenvalue weighted by Gasteiger charge is -2.13. The van der Waals surface area contributed by atoms with Crippen molar-refractivity contribution in [2.45, 2.75) is 6.92 Å². The molecule has 146 valence electrons. The van der Waals surface area contributed by atoms with Crippen molar-refractivity contribution in [1.82, 2.24) is 4.98 Å². The first kappa shape index (κ1) is 18.1. The van der Waals surface area contributed by atoms with Gasteiger partial charge in [-0.15, -0.1) is 0 Å². The van der Waals surface area contributed by atoms with Crippen molar-refractivity contribution in [3.8, 4) is 16.9 Å². The van der Waals surface area contributed by atoms with Crippen LogP contribution in [-0.4, -0.2) is 23.7 Å². The van der Waals surface area contributed by atoms with Gasteiger partial charge in [-0.25, -0.2) is 4.98 Å². The van der Waals surface area contributed by atoms with Gasteiger partial charge in [0.1, 0.15) is 11.6 Å². The van der Waals surface area contributed by atoms with Crippen molar-refractivity contribution < 1.29 is 14.3 Å². The number of rotatable bonds is 4. The second kappa shape index (κ2) is 6.81. The van der Waals surface area contributed by atoms with Crippen molar-refractivity contribution in [3.05, 3.63) is 83.4 Å². The summed E-state index contributed by atoms with van der Waals surface area (Å²) in [6.07, 6.45) is 0. The van der Waals surface area contributed by atoms with Crippen LogP contribution >= 0.6 is 0 Å². The summed E-state index contributed by atoms with van der Waals surface area (Å²) in [6.45, 7) is 1.54. The second-order valence-corrected chi connectivity index (χ2v) is 7.23. The van der Waals surface area contributed by atoms with Gasteiger partial charge in [0.2, 0.25) is 0 Å². The Kier molecular flexibility index (Phi) is 4.10. The molecule has 1 aromatic heterocycles. The van der Waals surface area contributed by atoms with Gasteiger partial charge in [-0.3, -0.25) is 9.59 Å². The smallest absolute Gasteiger partial charge is 0.195 e. The van der Waals surface area contributed by atoms with Gasteiger partial charge < -0.3 is 10.1 Å². The molecule has 0 unspecified atom stereocenters. The standard InChI is InChI=1S/C25H18N2O3/c1-14(28)15-7-9-16(10-8-15)26-25-23-18-12-11-17(30-2)13-20(18)24(29)22(23)19-5-3-4-6-21(19)27-25/h3-13H,1-2H3,(H,26,27). The van der Waals surface area contributed by atoms with Gasteiger partial charge in [0.25, 0.3) is 0 Å². The quantitative estimate of drug-likeness (QED) is 0.413. The number of nitrogens with zero attached hydrogens (tertiary/aromatic N) is 1. The molecule has 4 aromatic rings. The highest BCUT2D eigenvalue weighted by Crippen LogP contribution is 2.45. The van der Waals surface area contributed by atoms with Crippen LogP contribution in [0.2, 0.25) is 0 Å². The average molecular weight is 394 g/mol. The number of pyridine rings is 1. The Morgan fingerprint density at radius 3 is 2.43 bits per heavy atom. The first-order valence-electron chi connectivity index (χ1n) is 9.60. The molecule has 30 heavy (non-hydrogen) atoms. The Labute approximate surface area is 173 Å². The monoisotopic (exact) mass is 394 g/mol. The number of carbonyl (C=O) groups is 2. The van der Waals surface area contributed by atoms with E-state index in [1.165, 1.54) is 6.92 Å². The number of para-hydroxylation sites is 1. The van der Waals surface area contributed by atoms with Gasteiger partial charge in [0, 0.05) is 33.3 Å². The maximum absolute atomic E-state index is 13.3. The Balaban J connectivity index is 1.71. The summed E-state index contributed by atoms with van der Waals surface area (Å²) in [6, 6.07) is 20.4. The number of methoxy groups -OCH3 is 1. The minimum absolute atomic E-state index is 0.0137. The molecule has 1 aliphatic carbocycles. The first-order chi connectivity index (χ1) is 14.6. The van der Waals surface area contributed by atoms with Crippen LogP contribution in [0, 0.1) is 0 Å². The van der Waals surface area contributed by atoms with E-state index in [4.69, 9.17) is 9.72 Å². The van der Waals surface area contributed by atoms with E-state index in [-0.39, 0.29) is 11.6 Å². The van der Waals surface area contributed by atoms with Crippen molar-refractivity contribution >= 4 is 34.0 Å². The van der Waals surface area contributed by atoms with Crippen LogP contribution in [0.3, 0.4) is 0 Å². The summed E-state index contributed by atoms with van der Waals surface area (Å²) in [5.41, 5.74) is 5.05. The summed E-state index contributed by atoms with van der Waals surface area (Å²) in [5, 5.41) is 4.17. The summed E-state index contributed by atoms with van der Waals surface area (Å²) >= 11 is 0. The van der Waals surface area contributed by atoms with Gasteiger partial charge in [0.05, 0.1) is 12.6 Å². The highest BCUT2D eigenvalue weighted by molar-refractivity contribution is 6.28. The molecule has 1 aliphatic rings. The number of hydrogen-bond acceptors (Lipinski definition) is 5. The highest BCUT2D eigenvalue weighted by Gasteiger charge is 2.32. The van der Waals surface area contributed by atoms with Gasteiger partial charge in [-0.1, -0.05) is 18.2 Å². The second-order valence-electron chi connectivity index (χ2n) is 7.23. The van der Waals surface area contributed by atoms with Crippen LogP contribution in [0.5, 0.6) is 5.75 Å². The van der Waals surface area contributed by atoms with Crippen molar-refractivity contribution in [2.24, 2.45) is 0 Å². The Bertz CT molecular complexity index is 1340. The molecule has 0 saturated carbocycles. The average Bonchev–Trinajstić information content (AvgIpc) is 3.07. The minimum atomic E-state index is -0.0347. The summed E-state index contributed by atoms with van der Waals surface area (Å²) < 4.78 is 5.32. The number of carbonyl (C=O) groups excluding carboxylic acids is 2. The van der Waals surface area contributed by atoms with Gasteiger partial charge in [-0.05, 0) is 61.0 Å². The molecule has 0 fully saturated rings. The lowest BCUT2D eigenvalue weighted by atomic mass is 10.0. The fourth-order valence-electron chi connectivity index (χ4n) is 3.92. The lowest BCUT2D eigenvalue weighted by molar-refractivity contribution is 0.101. The molecular formula is C25H18N2O3. The van der Waals surface area contributed by atoms with Crippen molar-refractivity contribution in [3.63, 3.8) is 0 Å². The molecule has 0 aliphatic heterocycles. The number of Topliss-reactive ketones (excluding diaryl/α,β-unsaturated/α-hetero) is 1. The minimum Gasteiger partial charge on any atom is -0.497 e. The predicted octanol–water partition coefficient (Wildman–Crippen LogP) is 5.40. The number of fused-ring (bicyclic) bond motifs is 5. The Morgan fingerprint density at radius 1 is 0.933 bits per heavy atom. The fraction of sp³-hybridized carbons (Fsp3) is 0.0800. The number of ether oxygens (including phenoxy) is 1. The molecule has 0 radical (unpaired) electrons. The van der Waals surface area contributed by atoms with Crippen LogP contribution in [0.15, 0.2) is 66.7 Å². The molecule has 1 heterocycles. The summed E-state index contributed by atoms with van der Waals surface area (Å²) in [5.74, 6) is 1.23. The Hall–Kier alpha value is -3.99. The number of nitrogens with one attached hydrogen (secondary N) is 1. The van der Waals surface area contributed by atoms with Gasteiger partial charge >= 0.3 is 0 Å². The molecule has 5 nitrogen and oxygen atoms in total. The SMILES string of the molecule is COc1ccc2c(c1)C(=O)c1c-2c(Nc2ccc(C(C)=O)cc2)nc2ccccc12. The molecule has 5 heteroatoms.